The zero-order valence-corrected chi connectivity index (χ0v) is 12.5. The van der Waals surface area contributed by atoms with Crippen LogP contribution in [0, 0.1) is 0 Å². The van der Waals surface area contributed by atoms with Crippen molar-refractivity contribution in [3.8, 4) is 0 Å². The average Bonchev–Trinajstić information content (AvgIpc) is 3.06. The summed E-state index contributed by atoms with van der Waals surface area (Å²) in [6.45, 7) is 2.98. The van der Waals surface area contributed by atoms with Crippen LogP contribution in [0.3, 0.4) is 0 Å². The summed E-state index contributed by atoms with van der Waals surface area (Å²) in [6, 6.07) is 7.20. The van der Waals surface area contributed by atoms with E-state index in [0.717, 1.165) is 30.8 Å². The molecule has 1 unspecified atom stereocenters. The van der Waals surface area contributed by atoms with Crippen molar-refractivity contribution in [1.29, 1.82) is 0 Å². The molecule has 2 heterocycles. The molecule has 0 spiro atoms. The number of halogens is 1. The first-order chi connectivity index (χ1) is 10.2. The van der Waals surface area contributed by atoms with E-state index in [4.69, 9.17) is 16.3 Å². The third-order valence-electron chi connectivity index (χ3n) is 3.62. The molecule has 6 heteroatoms. The highest BCUT2D eigenvalue weighted by atomic mass is 35.5. The standard InChI is InChI=1S/C15H16ClN3O2/c1-2-21-15(20)13(10-5-7-11(16)8-6-10)14-18-17-12-4-3-9-19(12)14/h5-8,13H,2-4,9H2,1H3. The second-order valence-electron chi connectivity index (χ2n) is 4.97. The Labute approximate surface area is 127 Å². The zero-order valence-electron chi connectivity index (χ0n) is 11.8. The number of aryl methyl sites for hydroxylation is 1. The van der Waals surface area contributed by atoms with Crippen LogP contribution in [0.2, 0.25) is 5.02 Å². The van der Waals surface area contributed by atoms with Crippen LogP contribution in [0.5, 0.6) is 0 Å². The maximum Gasteiger partial charge on any atom is 0.321 e. The Morgan fingerprint density at radius 3 is 2.86 bits per heavy atom. The van der Waals surface area contributed by atoms with Gasteiger partial charge in [0.1, 0.15) is 11.7 Å². The minimum absolute atomic E-state index is 0.304. The molecule has 1 atom stereocenters. The summed E-state index contributed by atoms with van der Waals surface area (Å²) in [5.74, 6) is 0.736. The third kappa shape index (κ3) is 2.65. The summed E-state index contributed by atoms with van der Waals surface area (Å²) >= 11 is 5.93. The summed E-state index contributed by atoms with van der Waals surface area (Å²) in [4.78, 5) is 12.4. The van der Waals surface area contributed by atoms with Gasteiger partial charge < -0.3 is 9.30 Å². The monoisotopic (exact) mass is 305 g/mol. The van der Waals surface area contributed by atoms with Gasteiger partial charge in [-0.05, 0) is 31.0 Å². The maximum atomic E-state index is 12.4. The lowest BCUT2D eigenvalue weighted by atomic mass is 9.98. The summed E-state index contributed by atoms with van der Waals surface area (Å²) in [5.41, 5.74) is 0.819. The number of esters is 1. The number of nitrogens with zero attached hydrogens (tertiary/aromatic N) is 3. The summed E-state index contributed by atoms with van der Waals surface area (Å²) in [6.07, 6.45) is 1.94. The smallest absolute Gasteiger partial charge is 0.321 e. The van der Waals surface area contributed by atoms with Crippen LogP contribution < -0.4 is 0 Å². The molecular formula is C15H16ClN3O2. The van der Waals surface area contributed by atoms with Crippen molar-refractivity contribution in [2.75, 3.05) is 6.61 Å². The first-order valence-corrected chi connectivity index (χ1v) is 7.42. The molecule has 1 aromatic heterocycles. The van der Waals surface area contributed by atoms with E-state index in [-0.39, 0.29) is 5.97 Å². The molecule has 0 fully saturated rings. The van der Waals surface area contributed by atoms with Gasteiger partial charge in [0.15, 0.2) is 5.82 Å². The lowest BCUT2D eigenvalue weighted by Crippen LogP contribution is -2.21. The molecule has 0 saturated heterocycles. The van der Waals surface area contributed by atoms with Gasteiger partial charge >= 0.3 is 5.97 Å². The number of benzene rings is 1. The summed E-state index contributed by atoms with van der Waals surface area (Å²) in [7, 11) is 0. The number of carbonyl (C=O) groups is 1. The predicted octanol–water partition coefficient (Wildman–Crippen LogP) is 2.57. The van der Waals surface area contributed by atoms with E-state index < -0.39 is 5.92 Å². The van der Waals surface area contributed by atoms with E-state index in [1.807, 2.05) is 16.7 Å². The Balaban J connectivity index is 2.03. The number of aromatic nitrogens is 3. The molecule has 5 nitrogen and oxygen atoms in total. The van der Waals surface area contributed by atoms with E-state index in [9.17, 15) is 4.79 Å². The first kappa shape index (κ1) is 14.1. The highest BCUT2D eigenvalue weighted by molar-refractivity contribution is 6.30. The van der Waals surface area contributed by atoms with E-state index in [1.54, 1.807) is 19.1 Å². The molecule has 0 bridgehead atoms. The van der Waals surface area contributed by atoms with Crippen LogP contribution in [0.25, 0.3) is 0 Å². The molecule has 0 radical (unpaired) electrons. The Bertz CT molecular complexity index is 651. The first-order valence-electron chi connectivity index (χ1n) is 7.04. The molecule has 1 aliphatic rings. The molecule has 1 aromatic carbocycles. The minimum Gasteiger partial charge on any atom is -0.465 e. The Morgan fingerprint density at radius 1 is 1.38 bits per heavy atom. The van der Waals surface area contributed by atoms with Crippen LogP contribution in [-0.2, 0) is 22.5 Å². The number of rotatable bonds is 4. The predicted molar refractivity (Wildman–Crippen MR) is 78.3 cm³/mol. The van der Waals surface area contributed by atoms with Crippen LogP contribution >= 0.6 is 11.6 Å². The maximum absolute atomic E-state index is 12.4. The SMILES string of the molecule is CCOC(=O)C(c1ccc(Cl)cc1)c1nnc2n1CCC2. The van der Waals surface area contributed by atoms with Gasteiger partial charge in [-0.25, -0.2) is 0 Å². The van der Waals surface area contributed by atoms with Gasteiger partial charge in [0, 0.05) is 18.0 Å². The third-order valence-corrected chi connectivity index (χ3v) is 3.87. The van der Waals surface area contributed by atoms with Crippen LogP contribution in [0.4, 0.5) is 0 Å². The highest BCUT2D eigenvalue weighted by Crippen LogP contribution is 2.28. The zero-order chi connectivity index (χ0) is 14.8. The lowest BCUT2D eigenvalue weighted by molar-refractivity contribution is -0.144. The van der Waals surface area contributed by atoms with Gasteiger partial charge in [0.05, 0.1) is 6.61 Å². The lowest BCUT2D eigenvalue weighted by Gasteiger charge is -2.16. The largest absolute Gasteiger partial charge is 0.465 e. The molecular weight excluding hydrogens is 290 g/mol. The molecule has 0 aliphatic carbocycles. The van der Waals surface area contributed by atoms with Crippen molar-refractivity contribution in [3.63, 3.8) is 0 Å². The van der Waals surface area contributed by atoms with Crippen molar-refractivity contribution >= 4 is 17.6 Å². The molecule has 110 valence electrons. The van der Waals surface area contributed by atoms with Gasteiger partial charge in [-0.3, -0.25) is 4.79 Å². The van der Waals surface area contributed by atoms with Gasteiger partial charge in [-0.15, -0.1) is 10.2 Å². The minimum atomic E-state index is -0.554. The topological polar surface area (TPSA) is 57.0 Å². The van der Waals surface area contributed by atoms with Crippen molar-refractivity contribution in [3.05, 3.63) is 46.5 Å². The molecule has 21 heavy (non-hydrogen) atoms. The van der Waals surface area contributed by atoms with Crippen LogP contribution in [-0.4, -0.2) is 27.3 Å². The Morgan fingerprint density at radius 2 is 2.14 bits per heavy atom. The fourth-order valence-corrected chi connectivity index (χ4v) is 2.78. The van der Waals surface area contributed by atoms with E-state index in [0.29, 0.717) is 17.5 Å². The number of hydrogen-bond donors (Lipinski definition) is 0. The van der Waals surface area contributed by atoms with Crippen molar-refractivity contribution in [1.82, 2.24) is 14.8 Å². The fraction of sp³-hybridized carbons (Fsp3) is 0.400. The molecule has 1 aliphatic heterocycles. The quantitative estimate of drug-likeness (QED) is 0.815. The van der Waals surface area contributed by atoms with E-state index in [1.165, 1.54) is 0 Å². The van der Waals surface area contributed by atoms with Gasteiger partial charge in [-0.2, -0.15) is 0 Å². The fourth-order valence-electron chi connectivity index (χ4n) is 2.66. The number of ether oxygens (including phenoxy) is 1. The van der Waals surface area contributed by atoms with Crippen molar-refractivity contribution in [2.45, 2.75) is 32.2 Å². The Kier molecular flexibility index (Phi) is 3.92. The number of carbonyl (C=O) groups excluding carboxylic acids is 1. The normalized spacial score (nSPS) is 14.8. The van der Waals surface area contributed by atoms with E-state index >= 15 is 0 Å². The van der Waals surface area contributed by atoms with Gasteiger partial charge in [0.25, 0.3) is 0 Å². The number of fused-ring (bicyclic) bond motifs is 1. The molecule has 0 saturated carbocycles. The molecule has 0 amide bonds. The van der Waals surface area contributed by atoms with Crippen LogP contribution in [0.15, 0.2) is 24.3 Å². The van der Waals surface area contributed by atoms with Crippen molar-refractivity contribution < 1.29 is 9.53 Å². The Hall–Kier alpha value is -1.88. The summed E-state index contributed by atoms with van der Waals surface area (Å²) < 4.78 is 7.24. The highest BCUT2D eigenvalue weighted by Gasteiger charge is 2.31. The molecule has 0 N–H and O–H groups in total. The van der Waals surface area contributed by atoms with Crippen LogP contribution in [0.1, 0.15) is 36.5 Å². The second kappa shape index (κ2) is 5.85. The number of hydrogen-bond acceptors (Lipinski definition) is 4. The summed E-state index contributed by atoms with van der Waals surface area (Å²) in [5, 5.41) is 9.03. The second-order valence-corrected chi connectivity index (χ2v) is 5.40. The molecule has 2 aromatic rings. The van der Waals surface area contributed by atoms with E-state index in [2.05, 4.69) is 10.2 Å². The van der Waals surface area contributed by atoms with Gasteiger partial charge in [0.2, 0.25) is 0 Å². The average molecular weight is 306 g/mol. The van der Waals surface area contributed by atoms with Gasteiger partial charge in [-0.1, -0.05) is 23.7 Å². The molecule has 3 rings (SSSR count). The van der Waals surface area contributed by atoms with Crippen molar-refractivity contribution in [2.24, 2.45) is 0 Å².